The zero-order valence-corrected chi connectivity index (χ0v) is 17.2. The van der Waals surface area contributed by atoms with E-state index in [4.69, 9.17) is 9.47 Å². The van der Waals surface area contributed by atoms with Gasteiger partial charge in [-0.1, -0.05) is 25.5 Å². The Kier molecular flexibility index (Phi) is 10.0. The lowest BCUT2D eigenvalue weighted by atomic mass is 10.0. The summed E-state index contributed by atoms with van der Waals surface area (Å²) in [4.78, 5) is 6.95. The molecule has 152 valence electrons. The molecule has 0 saturated carbocycles. The number of rotatable bonds is 10. The smallest absolute Gasteiger partial charge is 0.191 e. The van der Waals surface area contributed by atoms with Crippen LogP contribution in [0.25, 0.3) is 0 Å². The monoisotopic (exact) mass is 376 g/mol. The number of methoxy groups -OCH3 is 1. The number of aliphatic imine (C=N–C) groups is 1. The van der Waals surface area contributed by atoms with Crippen LogP contribution in [-0.4, -0.2) is 63.9 Å². The summed E-state index contributed by atoms with van der Waals surface area (Å²) in [5, 5.41) is 6.82. The third-order valence-corrected chi connectivity index (χ3v) is 5.05. The van der Waals surface area contributed by atoms with Crippen LogP contribution in [-0.2, 0) is 11.3 Å². The number of hydrogen-bond acceptors (Lipinski definition) is 4. The molecular weight excluding hydrogens is 340 g/mol. The third kappa shape index (κ3) is 7.77. The fraction of sp³-hybridized carbons (Fsp3) is 0.667. The van der Waals surface area contributed by atoms with Crippen LogP contribution < -0.4 is 15.4 Å². The van der Waals surface area contributed by atoms with E-state index in [0.29, 0.717) is 19.8 Å². The van der Waals surface area contributed by atoms with Crippen molar-refractivity contribution in [3.05, 3.63) is 29.8 Å². The number of ether oxygens (including phenoxy) is 2. The van der Waals surface area contributed by atoms with Gasteiger partial charge in [-0.25, -0.2) is 0 Å². The number of nitrogens with zero attached hydrogens (tertiary/aromatic N) is 2. The summed E-state index contributed by atoms with van der Waals surface area (Å²) >= 11 is 0. The van der Waals surface area contributed by atoms with E-state index < -0.39 is 0 Å². The van der Waals surface area contributed by atoms with Crippen LogP contribution in [0.3, 0.4) is 0 Å². The van der Waals surface area contributed by atoms with E-state index in [-0.39, 0.29) is 0 Å². The van der Waals surface area contributed by atoms with E-state index in [0.717, 1.165) is 36.4 Å². The van der Waals surface area contributed by atoms with Gasteiger partial charge in [0, 0.05) is 39.8 Å². The Morgan fingerprint density at radius 1 is 1.26 bits per heavy atom. The molecule has 1 heterocycles. The Hall–Kier alpha value is -1.79. The second-order valence-corrected chi connectivity index (χ2v) is 6.94. The van der Waals surface area contributed by atoms with Gasteiger partial charge >= 0.3 is 0 Å². The van der Waals surface area contributed by atoms with Crippen molar-refractivity contribution in [2.45, 2.75) is 45.2 Å². The lowest BCUT2D eigenvalue weighted by molar-refractivity contribution is 0.146. The Balaban J connectivity index is 1.73. The molecule has 1 saturated heterocycles. The maximum absolute atomic E-state index is 5.67. The average Bonchev–Trinajstić information content (AvgIpc) is 2.71. The van der Waals surface area contributed by atoms with E-state index in [9.17, 15) is 0 Å². The summed E-state index contributed by atoms with van der Waals surface area (Å²) in [5.74, 6) is 1.70. The number of nitrogens with one attached hydrogen (secondary N) is 2. The molecule has 0 radical (unpaired) electrons. The molecular formula is C21H36N4O2. The summed E-state index contributed by atoms with van der Waals surface area (Å²) in [5.41, 5.74) is 1.16. The predicted octanol–water partition coefficient (Wildman–Crippen LogP) is 2.64. The summed E-state index contributed by atoms with van der Waals surface area (Å²) < 4.78 is 10.7. The summed E-state index contributed by atoms with van der Waals surface area (Å²) in [6.45, 7) is 7.37. The summed E-state index contributed by atoms with van der Waals surface area (Å²) in [7, 11) is 3.49. The highest BCUT2D eigenvalue weighted by molar-refractivity contribution is 5.79. The van der Waals surface area contributed by atoms with Crippen LogP contribution in [0.5, 0.6) is 5.75 Å². The predicted molar refractivity (Wildman–Crippen MR) is 112 cm³/mol. The van der Waals surface area contributed by atoms with Crippen LogP contribution in [0.2, 0.25) is 0 Å². The van der Waals surface area contributed by atoms with E-state index in [2.05, 4.69) is 39.6 Å². The topological polar surface area (TPSA) is 58.1 Å². The quantitative estimate of drug-likeness (QED) is 0.373. The lowest BCUT2D eigenvalue weighted by Gasteiger charge is -2.35. The van der Waals surface area contributed by atoms with Crippen molar-refractivity contribution in [2.75, 3.05) is 47.0 Å². The molecule has 0 aromatic heterocycles. The number of piperidine rings is 1. The SMILES string of the molecule is CCC1CCCCN1CCNC(=NC)NCc1cccc(OCCOC)c1. The first-order valence-electron chi connectivity index (χ1n) is 10.2. The molecule has 0 bridgehead atoms. The lowest BCUT2D eigenvalue weighted by Crippen LogP contribution is -2.45. The van der Waals surface area contributed by atoms with E-state index >= 15 is 0 Å². The van der Waals surface area contributed by atoms with Crippen LogP contribution in [0.4, 0.5) is 0 Å². The van der Waals surface area contributed by atoms with Crippen molar-refractivity contribution < 1.29 is 9.47 Å². The highest BCUT2D eigenvalue weighted by Crippen LogP contribution is 2.18. The molecule has 0 amide bonds. The van der Waals surface area contributed by atoms with Gasteiger partial charge in [-0.3, -0.25) is 9.89 Å². The maximum Gasteiger partial charge on any atom is 0.191 e. The summed E-state index contributed by atoms with van der Waals surface area (Å²) in [6, 6.07) is 8.86. The van der Waals surface area contributed by atoms with Crippen LogP contribution >= 0.6 is 0 Å². The van der Waals surface area contributed by atoms with E-state index in [1.165, 1.54) is 32.2 Å². The van der Waals surface area contributed by atoms with Gasteiger partial charge in [0.2, 0.25) is 0 Å². The zero-order valence-electron chi connectivity index (χ0n) is 17.2. The average molecular weight is 377 g/mol. The number of likely N-dealkylation sites (tertiary alicyclic amines) is 1. The van der Waals surface area contributed by atoms with Gasteiger partial charge in [0.1, 0.15) is 12.4 Å². The van der Waals surface area contributed by atoms with Crippen LogP contribution in [0.1, 0.15) is 38.2 Å². The molecule has 0 spiro atoms. The van der Waals surface area contributed by atoms with Crippen molar-refractivity contribution in [3.63, 3.8) is 0 Å². The minimum Gasteiger partial charge on any atom is -0.491 e. The molecule has 1 aromatic carbocycles. The number of hydrogen-bond donors (Lipinski definition) is 2. The molecule has 0 aliphatic carbocycles. The molecule has 2 rings (SSSR count). The van der Waals surface area contributed by atoms with Gasteiger partial charge in [-0.15, -0.1) is 0 Å². The molecule has 1 fully saturated rings. The largest absolute Gasteiger partial charge is 0.491 e. The third-order valence-electron chi connectivity index (χ3n) is 5.05. The van der Waals surface area contributed by atoms with E-state index in [1.807, 2.05) is 19.2 Å². The molecule has 1 aromatic rings. The molecule has 27 heavy (non-hydrogen) atoms. The summed E-state index contributed by atoms with van der Waals surface area (Å²) in [6.07, 6.45) is 5.29. The van der Waals surface area contributed by atoms with Crippen molar-refractivity contribution in [1.29, 1.82) is 0 Å². The number of guanidine groups is 1. The molecule has 1 atom stereocenters. The van der Waals surface area contributed by atoms with Crippen LogP contribution in [0.15, 0.2) is 29.3 Å². The minimum absolute atomic E-state index is 0.561. The Morgan fingerprint density at radius 2 is 2.15 bits per heavy atom. The highest BCUT2D eigenvalue weighted by atomic mass is 16.5. The second kappa shape index (κ2) is 12.6. The van der Waals surface area contributed by atoms with Gasteiger partial charge in [0.25, 0.3) is 0 Å². The first-order valence-corrected chi connectivity index (χ1v) is 10.2. The maximum atomic E-state index is 5.67. The number of benzene rings is 1. The van der Waals surface area contributed by atoms with Crippen molar-refractivity contribution in [1.82, 2.24) is 15.5 Å². The second-order valence-electron chi connectivity index (χ2n) is 6.94. The molecule has 1 aliphatic rings. The molecule has 6 heteroatoms. The van der Waals surface area contributed by atoms with E-state index in [1.54, 1.807) is 7.11 Å². The van der Waals surface area contributed by atoms with Gasteiger partial charge in [-0.2, -0.15) is 0 Å². The molecule has 6 nitrogen and oxygen atoms in total. The fourth-order valence-corrected chi connectivity index (χ4v) is 3.53. The van der Waals surface area contributed by atoms with Crippen molar-refractivity contribution in [3.8, 4) is 5.75 Å². The van der Waals surface area contributed by atoms with Gasteiger partial charge in [0.05, 0.1) is 6.61 Å². The first-order chi connectivity index (χ1) is 13.3. The molecule has 1 unspecified atom stereocenters. The normalized spacial score (nSPS) is 18.3. The van der Waals surface area contributed by atoms with Crippen molar-refractivity contribution in [2.24, 2.45) is 4.99 Å². The highest BCUT2D eigenvalue weighted by Gasteiger charge is 2.19. The fourth-order valence-electron chi connectivity index (χ4n) is 3.53. The Labute approximate surface area is 164 Å². The Morgan fingerprint density at radius 3 is 2.93 bits per heavy atom. The first kappa shape index (κ1) is 21.5. The van der Waals surface area contributed by atoms with Crippen LogP contribution in [0, 0.1) is 0 Å². The standard InChI is InChI=1S/C21H36N4O2/c1-4-19-9-5-6-12-25(19)13-11-23-21(22-2)24-17-18-8-7-10-20(16-18)27-15-14-26-3/h7-8,10,16,19H,4-6,9,11-15,17H2,1-3H3,(H2,22,23,24). The molecule has 2 N–H and O–H groups in total. The molecule has 1 aliphatic heterocycles. The zero-order chi connectivity index (χ0) is 19.3. The van der Waals surface area contributed by atoms with Gasteiger partial charge < -0.3 is 20.1 Å². The minimum atomic E-state index is 0.561. The Bertz CT molecular complexity index is 565. The van der Waals surface area contributed by atoms with Gasteiger partial charge in [-0.05, 0) is 43.5 Å². The van der Waals surface area contributed by atoms with Gasteiger partial charge in [0.15, 0.2) is 5.96 Å². The van der Waals surface area contributed by atoms with Crippen molar-refractivity contribution >= 4 is 5.96 Å².